The number of benzene rings is 4. The number of nitrogens with zero attached hydrogens (tertiary/aromatic N) is 1. The number of aliphatic hydroxyl groups is 3. The maximum atomic E-state index is 12.5. The number of fused-ring (bicyclic) bond motifs is 4. The first-order chi connectivity index (χ1) is 26.1. The van der Waals surface area contributed by atoms with E-state index in [1.54, 1.807) is 12.1 Å². The summed E-state index contributed by atoms with van der Waals surface area (Å²) in [7, 11) is 2.32. The molecule has 3 heterocycles. The van der Waals surface area contributed by atoms with Gasteiger partial charge in [0.1, 0.15) is 24.0 Å². The first-order valence-electron chi connectivity index (χ1n) is 19.9. The summed E-state index contributed by atoms with van der Waals surface area (Å²) in [5.74, 6) is 0.607. The van der Waals surface area contributed by atoms with E-state index in [1.807, 2.05) is 0 Å². The van der Waals surface area contributed by atoms with Crippen molar-refractivity contribution in [2.45, 2.75) is 88.8 Å². The van der Waals surface area contributed by atoms with Gasteiger partial charge in [0.05, 0.1) is 52.7 Å². The molecule has 1 aliphatic carbocycles. The van der Waals surface area contributed by atoms with Gasteiger partial charge < -0.3 is 40.0 Å². The van der Waals surface area contributed by atoms with Gasteiger partial charge in [0, 0.05) is 44.3 Å². The second-order valence-electron chi connectivity index (χ2n) is 16.4. The van der Waals surface area contributed by atoms with Gasteiger partial charge >= 0.3 is 0 Å². The van der Waals surface area contributed by atoms with Crippen LogP contribution in [-0.4, -0.2) is 83.2 Å². The van der Waals surface area contributed by atoms with Crippen molar-refractivity contribution in [3.63, 3.8) is 0 Å². The predicted molar refractivity (Wildman–Crippen MR) is 209 cm³/mol. The largest absolute Gasteiger partial charge is 0.508 e. The lowest BCUT2D eigenvalue weighted by Crippen LogP contribution is -2.73. The van der Waals surface area contributed by atoms with Crippen LogP contribution in [0, 0.1) is 11.8 Å². The summed E-state index contributed by atoms with van der Waals surface area (Å²) in [6, 6.07) is 27.9. The van der Waals surface area contributed by atoms with Crippen LogP contribution < -0.4 is 5.32 Å². The lowest BCUT2D eigenvalue weighted by atomic mass is 9.76. The minimum Gasteiger partial charge on any atom is -0.508 e. The van der Waals surface area contributed by atoms with Gasteiger partial charge in [-0.25, -0.2) is 0 Å². The minimum atomic E-state index is -1.01. The normalized spacial score (nSPS) is 25.9. The van der Waals surface area contributed by atoms with E-state index in [9.17, 15) is 20.4 Å². The molecule has 9 nitrogen and oxygen atoms in total. The molecule has 5 N–H and O–H groups in total. The fraction of sp³-hybridized carbons (Fsp3) is 0.511. The van der Waals surface area contributed by atoms with Gasteiger partial charge in [0.2, 0.25) is 5.72 Å². The summed E-state index contributed by atoms with van der Waals surface area (Å²) < 4.78 is 20.3. The maximum absolute atomic E-state index is 12.5. The van der Waals surface area contributed by atoms with Crippen LogP contribution >= 0.6 is 0 Å². The molecule has 4 aromatic carbocycles. The van der Waals surface area contributed by atoms with E-state index in [4.69, 9.17) is 14.2 Å². The average molecular weight is 740 g/mol. The van der Waals surface area contributed by atoms with Crippen LogP contribution in [0.1, 0.15) is 79.4 Å². The Morgan fingerprint density at radius 2 is 1.69 bits per heavy atom. The smallest absolute Gasteiger partial charge is 0.200 e. The van der Waals surface area contributed by atoms with E-state index in [1.165, 1.54) is 6.07 Å². The SMILES string of the molecule is CC1(OCc2ccc(COCCNC[C@H](O)c3ccc(O)c(CO)c3)cc2)CC2CC[N+]1(C)C[C@@H]2OCC(O)(c1cccc2ccccc12)C1CCCC1. The zero-order valence-corrected chi connectivity index (χ0v) is 32.0. The Bertz CT molecular complexity index is 1840. The number of hydrogen-bond acceptors (Lipinski definition) is 8. The third-order valence-electron chi connectivity index (χ3n) is 13.0. The monoisotopic (exact) mass is 739 g/mol. The number of ether oxygens (including phenoxy) is 3. The van der Waals surface area contributed by atoms with Gasteiger partial charge in [-0.3, -0.25) is 4.48 Å². The van der Waals surface area contributed by atoms with Gasteiger partial charge in [0.25, 0.3) is 0 Å². The molecule has 54 heavy (non-hydrogen) atoms. The van der Waals surface area contributed by atoms with Crippen molar-refractivity contribution in [1.29, 1.82) is 0 Å². The highest BCUT2D eigenvalue weighted by Gasteiger charge is 2.58. The van der Waals surface area contributed by atoms with Crippen LogP contribution in [0.2, 0.25) is 0 Å². The van der Waals surface area contributed by atoms with Crippen LogP contribution in [0.25, 0.3) is 10.8 Å². The van der Waals surface area contributed by atoms with Crippen molar-refractivity contribution in [2.24, 2.45) is 11.8 Å². The molecular weight excluding hydrogens is 681 g/mol. The highest BCUT2D eigenvalue weighted by Crippen LogP contribution is 2.48. The number of nitrogens with one attached hydrogen (secondary N) is 1. The molecule has 0 amide bonds. The van der Waals surface area contributed by atoms with E-state index in [-0.39, 0.29) is 30.1 Å². The molecule has 3 aliphatic heterocycles. The fourth-order valence-corrected chi connectivity index (χ4v) is 9.30. The summed E-state index contributed by atoms with van der Waals surface area (Å²) in [5.41, 5.74) is 2.94. The van der Waals surface area contributed by atoms with Crippen molar-refractivity contribution in [1.82, 2.24) is 5.32 Å². The molecule has 4 aromatic rings. The zero-order chi connectivity index (χ0) is 37.8. The Kier molecular flexibility index (Phi) is 12.1. The van der Waals surface area contributed by atoms with E-state index in [2.05, 4.69) is 86.0 Å². The molecule has 0 radical (unpaired) electrons. The van der Waals surface area contributed by atoms with Gasteiger partial charge in [-0.1, -0.05) is 85.6 Å². The van der Waals surface area contributed by atoms with Gasteiger partial charge in [-0.05, 0) is 63.9 Å². The molecule has 9 heteroatoms. The molecule has 8 rings (SSSR count). The first kappa shape index (κ1) is 38.9. The Labute approximate surface area is 320 Å². The number of rotatable bonds is 17. The molecule has 3 saturated heterocycles. The first-order valence-corrected chi connectivity index (χ1v) is 19.9. The van der Waals surface area contributed by atoms with E-state index in [0.717, 1.165) is 83.6 Å². The lowest BCUT2D eigenvalue weighted by molar-refractivity contribution is -1.00. The second-order valence-corrected chi connectivity index (χ2v) is 16.4. The van der Waals surface area contributed by atoms with Gasteiger partial charge in [-0.15, -0.1) is 0 Å². The molecule has 4 aliphatic rings. The summed E-state index contributed by atoms with van der Waals surface area (Å²) in [5, 5.41) is 47.6. The van der Waals surface area contributed by atoms with Crippen LogP contribution in [0.4, 0.5) is 0 Å². The zero-order valence-electron chi connectivity index (χ0n) is 32.0. The Balaban J connectivity index is 0.880. The number of piperidine rings is 3. The van der Waals surface area contributed by atoms with E-state index in [0.29, 0.717) is 56.6 Å². The number of hydrogen-bond donors (Lipinski definition) is 5. The topological polar surface area (TPSA) is 121 Å². The number of aromatic hydroxyl groups is 1. The van der Waals surface area contributed by atoms with Crippen LogP contribution in [-0.2, 0) is 39.6 Å². The average Bonchev–Trinajstić information content (AvgIpc) is 3.75. The van der Waals surface area contributed by atoms with Crippen molar-refractivity contribution in [2.75, 3.05) is 46.4 Å². The Morgan fingerprint density at radius 3 is 2.44 bits per heavy atom. The summed E-state index contributed by atoms with van der Waals surface area (Å²) >= 11 is 0. The molecule has 2 bridgehead atoms. The number of aliphatic hydroxyl groups excluding tert-OH is 2. The van der Waals surface area contributed by atoms with Crippen LogP contribution in [0.5, 0.6) is 5.75 Å². The lowest BCUT2D eigenvalue weighted by Gasteiger charge is -2.60. The van der Waals surface area contributed by atoms with Gasteiger partial charge in [0.15, 0.2) is 0 Å². The fourth-order valence-electron chi connectivity index (χ4n) is 9.30. The third kappa shape index (κ3) is 8.25. The number of quaternary nitrogens is 1. The molecule has 0 spiro atoms. The van der Waals surface area contributed by atoms with Crippen molar-refractivity contribution < 1.29 is 39.1 Å². The highest BCUT2D eigenvalue weighted by molar-refractivity contribution is 5.86. The molecular formula is C45H59N2O7+. The summed E-state index contributed by atoms with van der Waals surface area (Å²) in [6.07, 6.45) is 5.76. The van der Waals surface area contributed by atoms with Crippen LogP contribution in [0.15, 0.2) is 84.9 Å². The van der Waals surface area contributed by atoms with Crippen molar-refractivity contribution in [3.05, 3.63) is 113 Å². The van der Waals surface area contributed by atoms with Crippen LogP contribution in [0.3, 0.4) is 0 Å². The Hall–Kier alpha value is -3.38. The van der Waals surface area contributed by atoms with Crippen molar-refractivity contribution >= 4 is 10.8 Å². The molecule has 1 saturated carbocycles. The minimum absolute atomic E-state index is 0.0208. The molecule has 4 unspecified atom stereocenters. The Morgan fingerprint density at radius 1 is 0.944 bits per heavy atom. The molecule has 6 atom stereocenters. The maximum Gasteiger partial charge on any atom is 0.200 e. The molecule has 0 aromatic heterocycles. The quantitative estimate of drug-likeness (QED) is 0.0620. The second kappa shape index (κ2) is 16.8. The number of phenols is 1. The van der Waals surface area contributed by atoms with Gasteiger partial charge in [-0.2, -0.15) is 0 Å². The standard InChI is InChI=1S/C45H58N2O7/c1-44(54-30-33-16-14-32(15-17-33)29-52-23-21-46-26-42(50)35-18-19-41(49)37(24-35)28-48)25-36-20-22-47(44,2)27-43(36)53-31-45(51,38-10-4-5-11-38)40-13-7-9-34-8-3-6-12-39(34)40/h3,6-9,12-19,24,36,38,42-43,46,48,50-51H,4-5,10-11,20-23,25-31H2,1-2H3/p+1/t36?,42-,43-,44?,45?,47?/m0/s1. The number of likely N-dealkylation sites (N-methyl/N-ethyl adjacent to an activating group) is 1. The predicted octanol–water partition coefficient (Wildman–Crippen LogP) is 6.44. The summed E-state index contributed by atoms with van der Waals surface area (Å²) in [6.45, 7) is 6.72. The third-order valence-corrected chi connectivity index (χ3v) is 13.0. The summed E-state index contributed by atoms with van der Waals surface area (Å²) in [4.78, 5) is 0. The molecule has 290 valence electrons. The highest BCUT2D eigenvalue weighted by atomic mass is 16.5. The molecule has 4 fully saturated rings. The van der Waals surface area contributed by atoms with Crippen molar-refractivity contribution in [3.8, 4) is 5.75 Å². The van der Waals surface area contributed by atoms with E-state index >= 15 is 0 Å². The van der Waals surface area contributed by atoms with E-state index < -0.39 is 11.7 Å².